The van der Waals surface area contributed by atoms with E-state index in [2.05, 4.69) is 43.4 Å². The van der Waals surface area contributed by atoms with Crippen LogP contribution < -0.4 is 5.32 Å². The van der Waals surface area contributed by atoms with E-state index < -0.39 is 0 Å². The van der Waals surface area contributed by atoms with Gasteiger partial charge < -0.3 is 5.32 Å². The van der Waals surface area contributed by atoms with Gasteiger partial charge in [0.1, 0.15) is 0 Å². The Labute approximate surface area is 137 Å². The van der Waals surface area contributed by atoms with Crippen molar-refractivity contribution in [3.8, 4) is 0 Å². The lowest BCUT2D eigenvalue weighted by Crippen LogP contribution is -2.21. The number of aryl methyl sites for hydroxylation is 2. The zero-order valence-electron chi connectivity index (χ0n) is 12.5. The normalized spacial score (nSPS) is 12.4. The molecule has 112 valence electrons. The average molecular weight is 322 g/mol. The lowest BCUT2D eigenvalue weighted by atomic mass is 9.98. The predicted molar refractivity (Wildman–Crippen MR) is 92.4 cm³/mol. The average Bonchev–Trinajstić information content (AvgIpc) is 2.46. The molecule has 1 nitrogen and oxygen atoms in total. The second-order valence-corrected chi connectivity index (χ2v) is 6.15. The molecular weight excluding hydrogens is 301 g/mol. The fourth-order valence-corrected chi connectivity index (χ4v) is 3.00. The molecule has 0 aliphatic heterocycles. The number of benzene rings is 2. The molecule has 21 heavy (non-hydrogen) atoms. The van der Waals surface area contributed by atoms with Gasteiger partial charge in [0.15, 0.2) is 0 Å². The lowest BCUT2D eigenvalue weighted by Gasteiger charge is -2.20. The first kappa shape index (κ1) is 16.4. The summed E-state index contributed by atoms with van der Waals surface area (Å²) >= 11 is 12.4. The summed E-state index contributed by atoms with van der Waals surface area (Å²) in [5, 5.41) is 5.01. The molecule has 0 aliphatic carbocycles. The molecule has 0 radical (unpaired) electrons. The van der Waals surface area contributed by atoms with Crippen LogP contribution in [0.4, 0.5) is 0 Å². The zero-order chi connectivity index (χ0) is 15.2. The second kappa shape index (κ2) is 7.84. The molecule has 0 heterocycles. The van der Waals surface area contributed by atoms with Crippen LogP contribution in [0.15, 0.2) is 42.5 Å². The highest BCUT2D eigenvalue weighted by Crippen LogP contribution is 2.29. The Morgan fingerprint density at radius 2 is 1.90 bits per heavy atom. The van der Waals surface area contributed by atoms with Crippen molar-refractivity contribution >= 4 is 23.2 Å². The van der Waals surface area contributed by atoms with E-state index in [9.17, 15) is 0 Å². The van der Waals surface area contributed by atoms with Gasteiger partial charge in [0.25, 0.3) is 0 Å². The fraction of sp³-hybridized carbons (Fsp3) is 0.333. The molecule has 0 saturated carbocycles. The van der Waals surface area contributed by atoms with Crippen LogP contribution >= 0.6 is 23.2 Å². The molecule has 0 saturated heterocycles. The first-order valence-corrected chi connectivity index (χ1v) is 8.09. The van der Waals surface area contributed by atoms with Crippen molar-refractivity contribution in [2.45, 2.75) is 32.7 Å². The summed E-state index contributed by atoms with van der Waals surface area (Å²) in [4.78, 5) is 0. The van der Waals surface area contributed by atoms with E-state index in [0.717, 1.165) is 35.0 Å². The first-order chi connectivity index (χ1) is 10.1. The van der Waals surface area contributed by atoms with Gasteiger partial charge in [-0.3, -0.25) is 0 Å². The van der Waals surface area contributed by atoms with Crippen LogP contribution in [0.2, 0.25) is 10.0 Å². The minimum atomic E-state index is 0.224. The molecule has 2 rings (SSSR count). The summed E-state index contributed by atoms with van der Waals surface area (Å²) in [6.07, 6.45) is 2.01. The highest BCUT2D eigenvalue weighted by Gasteiger charge is 2.14. The maximum Gasteiger partial charge on any atom is 0.0454 e. The molecule has 2 aromatic carbocycles. The number of rotatable bonds is 6. The fourth-order valence-electron chi connectivity index (χ4n) is 2.57. The molecule has 0 amide bonds. The van der Waals surface area contributed by atoms with E-state index in [1.807, 2.05) is 18.2 Å². The maximum absolute atomic E-state index is 6.34. The van der Waals surface area contributed by atoms with Gasteiger partial charge in [-0.1, -0.05) is 60.0 Å². The van der Waals surface area contributed by atoms with Gasteiger partial charge in [-0.15, -0.1) is 0 Å². The smallest absolute Gasteiger partial charge is 0.0454 e. The van der Waals surface area contributed by atoms with Crippen LogP contribution in [0, 0.1) is 6.92 Å². The summed E-state index contributed by atoms with van der Waals surface area (Å²) in [6.45, 7) is 5.14. The molecule has 3 heteroatoms. The second-order valence-electron chi connectivity index (χ2n) is 5.30. The SMILES string of the molecule is CCNC(CCc1cccc(C)c1)c1cc(Cl)ccc1Cl. The van der Waals surface area contributed by atoms with Crippen LogP contribution in [0.25, 0.3) is 0 Å². The van der Waals surface area contributed by atoms with Gasteiger partial charge in [0, 0.05) is 16.1 Å². The zero-order valence-corrected chi connectivity index (χ0v) is 14.0. The van der Waals surface area contributed by atoms with Crippen LogP contribution in [0.1, 0.15) is 36.1 Å². The van der Waals surface area contributed by atoms with E-state index in [0.29, 0.717) is 0 Å². The van der Waals surface area contributed by atoms with Crippen molar-refractivity contribution in [3.63, 3.8) is 0 Å². The van der Waals surface area contributed by atoms with E-state index in [-0.39, 0.29) is 6.04 Å². The molecule has 0 fully saturated rings. The van der Waals surface area contributed by atoms with E-state index >= 15 is 0 Å². The molecule has 1 atom stereocenters. The van der Waals surface area contributed by atoms with E-state index in [1.165, 1.54) is 11.1 Å². The van der Waals surface area contributed by atoms with Gasteiger partial charge in [0.2, 0.25) is 0 Å². The van der Waals surface area contributed by atoms with Gasteiger partial charge in [-0.05, 0) is 55.6 Å². The summed E-state index contributed by atoms with van der Waals surface area (Å²) in [6, 6.07) is 14.5. The third-order valence-corrected chi connectivity index (χ3v) is 4.17. The van der Waals surface area contributed by atoms with Crippen LogP contribution in [0.3, 0.4) is 0 Å². The van der Waals surface area contributed by atoms with Crippen LogP contribution in [-0.2, 0) is 6.42 Å². The quantitative estimate of drug-likeness (QED) is 0.731. The van der Waals surface area contributed by atoms with Crippen molar-refractivity contribution < 1.29 is 0 Å². The van der Waals surface area contributed by atoms with Crippen molar-refractivity contribution in [1.29, 1.82) is 0 Å². The number of halogens is 2. The number of hydrogen-bond acceptors (Lipinski definition) is 1. The monoisotopic (exact) mass is 321 g/mol. The number of hydrogen-bond donors (Lipinski definition) is 1. The Bertz CT molecular complexity index is 596. The summed E-state index contributed by atoms with van der Waals surface area (Å²) in [7, 11) is 0. The Morgan fingerprint density at radius 3 is 2.62 bits per heavy atom. The van der Waals surface area contributed by atoms with E-state index in [4.69, 9.17) is 23.2 Å². The predicted octanol–water partition coefficient (Wildman–Crippen LogP) is 5.59. The first-order valence-electron chi connectivity index (χ1n) is 7.34. The molecule has 1 unspecified atom stereocenters. The minimum Gasteiger partial charge on any atom is -0.310 e. The van der Waals surface area contributed by atoms with Crippen LogP contribution in [-0.4, -0.2) is 6.54 Å². The largest absolute Gasteiger partial charge is 0.310 e. The summed E-state index contributed by atoms with van der Waals surface area (Å²) in [5.41, 5.74) is 3.74. The Kier molecular flexibility index (Phi) is 6.10. The van der Waals surface area contributed by atoms with Crippen molar-refractivity contribution in [2.24, 2.45) is 0 Å². The van der Waals surface area contributed by atoms with Gasteiger partial charge in [-0.25, -0.2) is 0 Å². The standard InChI is InChI=1S/C18H21Cl2N/c1-3-21-18(16-12-15(19)8-9-17(16)20)10-7-14-6-4-5-13(2)11-14/h4-6,8-9,11-12,18,21H,3,7,10H2,1-2H3. The molecular formula is C18H21Cl2N. The molecule has 0 bridgehead atoms. The van der Waals surface area contributed by atoms with Crippen LogP contribution in [0.5, 0.6) is 0 Å². The molecule has 0 aromatic heterocycles. The van der Waals surface area contributed by atoms with Gasteiger partial charge in [0.05, 0.1) is 0 Å². The lowest BCUT2D eigenvalue weighted by molar-refractivity contribution is 0.515. The number of nitrogens with one attached hydrogen (secondary N) is 1. The third kappa shape index (κ3) is 4.74. The Hall–Kier alpha value is -1.02. The maximum atomic E-state index is 6.34. The van der Waals surface area contributed by atoms with Crippen molar-refractivity contribution in [1.82, 2.24) is 5.32 Å². The highest BCUT2D eigenvalue weighted by atomic mass is 35.5. The topological polar surface area (TPSA) is 12.0 Å². The minimum absolute atomic E-state index is 0.224. The molecule has 0 aliphatic rings. The molecule has 1 N–H and O–H groups in total. The summed E-state index contributed by atoms with van der Waals surface area (Å²) < 4.78 is 0. The van der Waals surface area contributed by atoms with Crippen molar-refractivity contribution in [2.75, 3.05) is 6.54 Å². The summed E-state index contributed by atoms with van der Waals surface area (Å²) in [5.74, 6) is 0. The van der Waals surface area contributed by atoms with Gasteiger partial charge in [-0.2, -0.15) is 0 Å². The molecule has 0 spiro atoms. The third-order valence-electron chi connectivity index (χ3n) is 3.59. The Morgan fingerprint density at radius 1 is 1.10 bits per heavy atom. The van der Waals surface area contributed by atoms with E-state index in [1.54, 1.807) is 0 Å². The highest BCUT2D eigenvalue weighted by molar-refractivity contribution is 6.33. The van der Waals surface area contributed by atoms with Gasteiger partial charge >= 0.3 is 0 Å². The molecule has 2 aromatic rings. The van der Waals surface area contributed by atoms with Crippen molar-refractivity contribution in [3.05, 3.63) is 69.2 Å². The Balaban J connectivity index is 2.13.